The molecule has 3 amide bonds. The summed E-state index contributed by atoms with van der Waals surface area (Å²) in [6.07, 6.45) is 8.32. The number of aromatic amines is 1. The first-order valence-corrected chi connectivity index (χ1v) is 39.1. The van der Waals surface area contributed by atoms with Gasteiger partial charge in [-0.25, -0.2) is 54.0 Å². The number of ether oxygens (including phenoxy) is 1. The zero-order chi connectivity index (χ0) is 73.3. The van der Waals surface area contributed by atoms with Crippen LogP contribution in [0.25, 0.3) is 21.8 Å². The first-order valence-electron chi connectivity index (χ1n) is 32.5. The number of piperazine rings is 3. The number of amides is 3. The zero-order valence-electron chi connectivity index (χ0n) is 55.9. The zero-order valence-corrected chi connectivity index (χ0v) is 60.7. The van der Waals surface area contributed by atoms with Crippen molar-refractivity contribution in [1.29, 1.82) is 0 Å². The predicted molar refractivity (Wildman–Crippen MR) is 408 cm³/mol. The number of anilines is 6. The molecule has 8 heterocycles. The maximum Gasteiger partial charge on any atom is 0.263 e. The first kappa shape index (κ1) is 73.5. The third-order valence-corrected chi connectivity index (χ3v) is 23.7. The molecule has 0 spiro atoms. The van der Waals surface area contributed by atoms with E-state index >= 15 is 0 Å². The number of thiazole rings is 2. The number of halogens is 3. The van der Waals surface area contributed by atoms with Gasteiger partial charge in [-0.1, -0.05) is 29.8 Å². The number of hydrogen-bond acceptors (Lipinski definition) is 20. The average Bonchev–Trinajstić information content (AvgIpc) is 1.58. The van der Waals surface area contributed by atoms with Crippen LogP contribution < -0.4 is 33.6 Å². The van der Waals surface area contributed by atoms with Gasteiger partial charge in [-0.2, -0.15) is 0 Å². The number of para-hydroxylation sites is 1. The molecule has 34 heteroatoms. The van der Waals surface area contributed by atoms with Crippen molar-refractivity contribution < 1.29 is 66.8 Å². The predicted octanol–water partition coefficient (Wildman–Crippen LogP) is 11.0. The summed E-state index contributed by atoms with van der Waals surface area (Å²) in [7, 11) is -9.56. The number of aliphatic hydroxyl groups excluding tert-OH is 1. The number of hydrogen-bond donors (Lipinski definition) is 5. The van der Waals surface area contributed by atoms with Crippen molar-refractivity contribution in [3.63, 3.8) is 0 Å². The molecule has 2 atom stereocenters. The molecule has 3 aliphatic heterocycles. The minimum absolute atomic E-state index is 0. The van der Waals surface area contributed by atoms with Crippen LogP contribution in [0.15, 0.2) is 202 Å². The third-order valence-electron chi connectivity index (χ3n) is 17.7. The second-order valence-corrected chi connectivity index (χ2v) is 31.5. The number of aliphatic hydroxyl groups is 1. The lowest BCUT2D eigenvalue weighted by molar-refractivity contribution is -0.141. The number of rotatable bonds is 19. The molecule has 5 N–H and O–H groups in total. The molecule has 5 aromatic heterocycles. The summed E-state index contributed by atoms with van der Waals surface area (Å²) in [6, 6.07) is 37.7. The van der Waals surface area contributed by atoms with E-state index in [2.05, 4.69) is 48.9 Å². The van der Waals surface area contributed by atoms with Crippen LogP contribution in [0.3, 0.4) is 0 Å². The highest BCUT2D eigenvalue weighted by Gasteiger charge is 2.31. The van der Waals surface area contributed by atoms with E-state index in [1.807, 2.05) is 81.0 Å². The van der Waals surface area contributed by atoms with Gasteiger partial charge in [0.15, 0.2) is 28.0 Å². The van der Waals surface area contributed by atoms with Crippen molar-refractivity contribution in [2.45, 2.75) is 46.7 Å². The lowest BCUT2D eigenvalue weighted by Crippen LogP contribution is -2.54. The van der Waals surface area contributed by atoms with Crippen LogP contribution in [0, 0.1) is 11.6 Å². The van der Waals surface area contributed by atoms with Crippen LogP contribution in [-0.4, -0.2) is 177 Å². The van der Waals surface area contributed by atoms with Crippen molar-refractivity contribution in [3.8, 4) is 5.75 Å². The number of aromatic nitrogens is 6. The molecule has 6 aromatic carbocycles. The highest BCUT2D eigenvalue weighted by atomic mass is 35.5. The SMILES string of the molecule is COc1ccc2[nH]cc(CC(=O)N3CCN(c4ccc(S(=O)(=O)Nc5ccncn5)cc4)CC3)c2c1.C[C@H]1CN(c2ccc(S(=O)(=O)Nc3nccs3)cc2)CCN1C(=O)Cn1ccc2cccc(Cl)c21.O=C(C(O)c1ccc(F)c(F)c1)N1CCN(c2ccc(S(=O)(=O)Nc3nccs3)cc2)CC1.[HH].[HH].[HH].[HH].[HH].[HH]. The maximum absolute atomic E-state index is 13.4. The molecule has 14 rings (SSSR count). The normalized spacial score (nSPS) is 15.3. The minimum atomic E-state index is -3.75. The van der Waals surface area contributed by atoms with Gasteiger partial charge in [-0.3, -0.25) is 28.5 Å². The van der Waals surface area contributed by atoms with Crippen LogP contribution in [-0.2, 0) is 57.4 Å². The summed E-state index contributed by atoms with van der Waals surface area (Å²) < 4.78 is 116. The molecule has 11 aromatic rings. The number of carbonyl (C=O) groups is 3. The van der Waals surface area contributed by atoms with E-state index in [1.54, 1.807) is 84.7 Å². The van der Waals surface area contributed by atoms with Crippen LogP contribution in [0.1, 0.15) is 32.7 Å². The maximum atomic E-state index is 13.4. The van der Waals surface area contributed by atoms with Crippen molar-refractivity contribution in [1.82, 2.24) is 44.2 Å². The van der Waals surface area contributed by atoms with Gasteiger partial charge in [0.05, 0.1) is 38.8 Å². The van der Waals surface area contributed by atoms with Gasteiger partial charge < -0.3 is 48.8 Å². The Labute approximate surface area is 620 Å². The van der Waals surface area contributed by atoms with Crippen LogP contribution >= 0.6 is 34.3 Å². The highest BCUT2D eigenvalue weighted by molar-refractivity contribution is 7.93. The van der Waals surface area contributed by atoms with E-state index in [0.717, 1.165) is 62.3 Å². The largest absolute Gasteiger partial charge is 0.497 e. The van der Waals surface area contributed by atoms with Crippen molar-refractivity contribution in [2.24, 2.45) is 0 Å². The summed E-state index contributed by atoms with van der Waals surface area (Å²) >= 11 is 8.77. The highest BCUT2D eigenvalue weighted by Crippen LogP contribution is 2.31. The Morgan fingerprint density at radius 1 is 0.644 bits per heavy atom. The topological polar surface area (TPSA) is 311 Å². The molecule has 0 radical (unpaired) electrons. The molecule has 104 heavy (non-hydrogen) atoms. The Morgan fingerprint density at radius 2 is 1.21 bits per heavy atom. The van der Waals surface area contributed by atoms with E-state index in [-0.39, 0.29) is 64.2 Å². The molecular formula is C70H82ClF2N15O11S5. The number of nitrogens with zero attached hydrogens (tertiary/aromatic N) is 11. The first-order chi connectivity index (χ1) is 50.0. The quantitative estimate of drug-likeness (QED) is 0.0502. The van der Waals surface area contributed by atoms with Crippen LogP contribution in [0.2, 0.25) is 5.02 Å². The molecule has 1 unspecified atom stereocenters. The monoisotopic (exact) mass is 1540 g/mol. The number of fused-ring (bicyclic) bond motifs is 2. The van der Waals surface area contributed by atoms with Gasteiger partial charge in [0.25, 0.3) is 36.0 Å². The van der Waals surface area contributed by atoms with Gasteiger partial charge in [0, 0.05) is 162 Å². The molecule has 3 saturated heterocycles. The Balaban J connectivity index is 0.000000251. The molecule has 0 aliphatic carbocycles. The van der Waals surface area contributed by atoms with E-state index in [9.17, 15) is 53.5 Å². The molecule has 0 bridgehead atoms. The molecule has 26 nitrogen and oxygen atoms in total. The molecule has 3 fully saturated rings. The van der Waals surface area contributed by atoms with Gasteiger partial charge >= 0.3 is 0 Å². The Morgan fingerprint density at radius 3 is 1.75 bits per heavy atom. The molecule has 3 aliphatic rings. The minimum Gasteiger partial charge on any atom is -0.497 e. The van der Waals surface area contributed by atoms with E-state index in [0.29, 0.717) is 88.6 Å². The fourth-order valence-electron chi connectivity index (χ4n) is 12.2. The summed E-state index contributed by atoms with van der Waals surface area (Å²) in [5.41, 5.74) is 5.39. The van der Waals surface area contributed by atoms with Crippen molar-refractivity contribution in [2.75, 3.05) is 108 Å². The number of nitrogens with one attached hydrogen (secondary N) is 4. The summed E-state index contributed by atoms with van der Waals surface area (Å²) in [5, 5.41) is 16.9. The molecule has 0 saturated carbocycles. The third kappa shape index (κ3) is 17.5. The summed E-state index contributed by atoms with van der Waals surface area (Å²) in [4.78, 5) is 69.4. The van der Waals surface area contributed by atoms with E-state index in [4.69, 9.17) is 16.3 Å². The number of methoxy groups -OCH3 is 1. The van der Waals surface area contributed by atoms with Gasteiger partial charge in [-0.05, 0) is 139 Å². The fourth-order valence-corrected chi connectivity index (χ4v) is 17.1. The second-order valence-electron chi connectivity index (χ2n) is 24.2. The van der Waals surface area contributed by atoms with Gasteiger partial charge in [0.2, 0.25) is 11.8 Å². The summed E-state index contributed by atoms with van der Waals surface area (Å²) in [5.74, 6) is -1.67. The number of carbonyl (C=O) groups excluding carboxylic acids is 3. The molecular weight excluding hydrogens is 1460 g/mol. The van der Waals surface area contributed by atoms with Crippen molar-refractivity contribution in [3.05, 3.63) is 215 Å². The number of sulfonamides is 3. The van der Waals surface area contributed by atoms with Crippen LogP contribution in [0.4, 0.5) is 41.9 Å². The van der Waals surface area contributed by atoms with E-state index < -0.39 is 53.7 Å². The second kappa shape index (κ2) is 32.2. The Hall–Kier alpha value is -10.3. The van der Waals surface area contributed by atoms with E-state index in [1.165, 1.54) is 70.6 Å². The Kier molecular flexibility index (Phi) is 22.7. The van der Waals surface area contributed by atoms with Gasteiger partial charge in [0.1, 0.15) is 24.4 Å². The van der Waals surface area contributed by atoms with Gasteiger partial charge in [-0.15, -0.1) is 22.7 Å². The average molecular weight is 1540 g/mol. The summed E-state index contributed by atoms with van der Waals surface area (Å²) in [6.45, 7) is 8.22. The Bertz CT molecular complexity index is 5210. The number of H-pyrrole nitrogens is 1. The van der Waals surface area contributed by atoms with Crippen LogP contribution in [0.5, 0.6) is 5.75 Å². The van der Waals surface area contributed by atoms with Crippen molar-refractivity contribution >= 4 is 137 Å². The molecule has 554 valence electrons. The smallest absolute Gasteiger partial charge is 0.263 e. The lowest BCUT2D eigenvalue weighted by atomic mass is 10.1. The standard InChI is InChI=1S/C25H26N6O4S.C24H24ClN5O3S2.C21H20F2N4O4S2.6H2/c1-35-20-4-7-23-22(15-20)18(16-27-23)14-25(32)31-12-10-30(11-13-31)19-2-5-21(6-3-19)36(33,34)29-24-8-9-26-17-28-24;1-17-15-28(19-5-7-20(8-6-19)35(32,33)27-24-26-10-14-34-24)12-13-30(17)22(31)16-29-11-9-18-3-2-4-21(25)23(18)29;22-17-6-1-14(13-18(17)23)19(28)20(29)27-10-8-26(9-11-27)15-2-4-16(5-3-15)33(30,31)25-21-24-7-12-32-21;;;;;;/h2-9,15-17,27H,10-14H2,1H3,(H,26,28,29);2-11,14,17H,12-13,15-16H2,1H3,(H,26,27);1-7,12-13,19,28H,8-11H2,(H,24,25);6*1H/t;17-;;;;;;;/m.0......./s1. The fraction of sp³-hybridized carbons (Fsp3) is 0.243. The number of benzene rings is 6. The lowest BCUT2D eigenvalue weighted by Gasteiger charge is -2.41.